The van der Waals surface area contributed by atoms with Crippen molar-refractivity contribution in [3.05, 3.63) is 33.4 Å². The number of carbonyl (C=O) groups excluding carboxylic acids is 1. The highest BCUT2D eigenvalue weighted by atomic mass is 127. The van der Waals surface area contributed by atoms with Crippen molar-refractivity contribution in [3.63, 3.8) is 0 Å². The Bertz CT molecular complexity index is 428. The van der Waals surface area contributed by atoms with Gasteiger partial charge in [0.15, 0.2) is 0 Å². The maximum atomic E-state index is 11.2. The first-order valence-corrected chi connectivity index (χ1v) is 10.1. The van der Waals surface area contributed by atoms with Gasteiger partial charge < -0.3 is 4.74 Å². The van der Waals surface area contributed by atoms with Gasteiger partial charge in [-0.15, -0.1) is 0 Å². The summed E-state index contributed by atoms with van der Waals surface area (Å²) in [6.45, 7) is 4.69. The summed E-state index contributed by atoms with van der Waals surface area (Å²) in [6.07, 6.45) is 10.5. The van der Waals surface area contributed by atoms with Crippen LogP contribution in [0.3, 0.4) is 0 Å². The smallest absolute Gasteiger partial charge is 0.305 e. The monoisotopic (exact) mass is 430 g/mol. The Labute approximate surface area is 155 Å². The zero-order valence-corrected chi connectivity index (χ0v) is 16.8. The molecule has 1 aromatic carbocycles. The zero-order valence-electron chi connectivity index (χ0n) is 14.7. The molecule has 0 aliphatic carbocycles. The number of hydrogen-bond acceptors (Lipinski definition) is 2. The van der Waals surface area contributed by atoms with Crippen molar-refractivity contribution in [2.45, 2.75) is 77.6 Å². The van der Waals surface area contributed by atoms with E-state index in [9.17, 15) is 4.79 Å². The standard InChI is InChI=1S/C20H31IO2/c1-3-23-20(22)12-10-8-6-4-5-7-9-11-17(2)18-13-15-19(21)16-14-18/h13-17H,3-12H2,1-2H3. The molecule has 1 aromatic rings. The highest BCUT2D eigenvalue weighted by Crippen LogP contribution is 2.23. The Balaban J connectivity index is 1.95. The van der Waals surface area contributed by atoms with E-state index in [1.165, 1.54) is 47.7 Å². The Morgan fingerprint density at radius 3 is 2.17 bits per heavy atom. The summed E-state index contributed by atoms with van der Waals surface area (Å²) in [4.78, 5) is 11.2. The van der Waals surface area contributed by atoms with Gasteiger partial charge in [0, 0.05) is 9.99 Å². The van der Waals surface area contributed by atoms with Gasteiger partial charge in [0.25, 0.3) is 0 Å². The number of carbonyl (C=O) groups is 1. The maximum Gasteiger partial charge on any atom is 0.305 e. The van der Waals surface area contributed by atoms with Gasteiger partial charge in [-0.1, -0.05) is 57.6 Å². The quantitative estimate of drug-likeness (QED) is 0.216. The van der Waals surface area contributed by atoms with E-state index in [2.05, 4.69) is 53.8 Å². The van der Waals surface area contributed by atoms with E-state index >= 15 is 0 Å². The number of benzene rings is 1. The van der Waals surface area contributed by atoms with Crippen molar-refractivity contribution in [1.29, 1.82) is 0 Å². The minimum atomic E-state index is -0.0444. The van der Waals surface area contributed by atoms with Gasteiger partial charge in [-0.3, -0.25) is 4.79 Å². The van der Waals surface area contributed by atoms with Gasteiger partial charge >= 0.3 is 5.97 Å². The third kappa shape index (κ3) is 10.0. The average Bonchev–Trinajstić information content (AvgIpc) is 2.54. The third-order valence-corrected chi connectivity index (χ3v) is 4.98. The molecule has 2 nitrogen and oxygen atoms in total. The van der Waals surface area contributed by atoms with Crippen molar-refractivity contribution >= 4 is 28.6 Å². The van der Waals surface area contributed by atoms with E-state index < -0.39 is 0 Å². The molecule has 23 heavy (non-hydrogen) atoms. The Kier molecular flexibility index (Phi) is 11.4. The lowest BCUT2D eigenvalue weighted by Crippen LogP contribution is -2.03. The van der Waals surface area contributed by atoms with E-state index in [0.29, 0.717) is 18.9 Å². The SMILES string of the molecule is CCOC(=O)CCCCCCCCCC(C)c1ccc(I)cc1. The summed E-state index contributed by atoms with van der Waals surface area (Å²) in [5.41, 5.74) is 1.46. The minimum Gasteiger partial charge on any atom is -0.466 e. The van der Waals surface area contributed by atoms with Crippen LogP contribution in [0.15, 0.2) is 24.3 Å². The molecule has 3 heteroatoms. The molecule has 1 atom stereocenters. The van der Waals surface area contributed by atoms with Crippen molar-refractivity contribution in [3.8, 4) is 0 Å². The lowest BCUT2D eigenvalue weighted by molar-refractivity contribution is -0.143. The fourth-order valence-corrected chi connectivity index (χ4v) is 3.15. The fraction of sp³-hybridized carbons (Fsp3) is 0.650. The summed E-state index contributed by atoms with van der Waals surface area (Å²) < 4.78 is 6.23. The predicted octanol–water partition coefficient (Wildman–Crippen LogP) is 6.47. The Morgan fingerprint density at radius 2 is 1.57 bits per heavy atom. The van der Waals surface area contributed by atoms with E-state index in [1.807, 2.05) is 6.92 Å². The van der Waals surface area contributed by atoms with Crippen LogP contribution >= 0.6 is 22.6 Å². The van der Waals surface area contributed by atoms with Gasteiger partial charge in [0.2, 0.25) is 0 Å². The third-order valence-electron chi connectivity index (χ3n) is 4.26. The zero-order chi connectivity index (χ0) is 16.9. The first-order chi connectivity index (χ1) is 11.1. The van der Waals surface area contributed by atoms with Crippen molar-refractivity contribution < 1.29 is 9.53 Å². The second-order valence-electron chi connectivity index (χ2n) is 6.27. The number of rotatable bonds is 12. The molecule has 0 fully saturated rings. The van der Waals surface area contributed by atoms with Crippen LogP contribution in [0.1, 0.15) is 83.1 Å². The van der Waals surface area contributed by atoms with Crippen molar-refractivity contribution in [2.24, 2.45) is 0 Å². The van der Waals surface area contributed by atoms with E-state index in [4.69, 9.17) is 4.74 Å². The highest BCUT2D eigenvalue weighted by molar-refractivity contribution is 14.1. The summed E-state index contributed by atoms with van der Waals surface area (Å²) in [7, 11) is 0. The molecule has 0 aliphatic heterocycles. The maximum absolute atomic E-state index is 11.2. The average molecular weight is 430 g/mol. The predicted molar refractivity (Wildman–Crippen MR) is 106 cm³/mol. The molecule has 1 unspecified atom stereocenters. The van der Waals surface area contributed by atoms with Crippen LogP contribution in [0.5, 0.6) is 0 Å². The van der Waals surface area contributed by atoms with Crippen LogP contribution in [0.25, 0.3) is 0 Å². The molecule has 0 heterocycles. The first kappa shape index (κ1) is 20.5. The molecular formula is C20H31IO2. The lowest BCUT2D eigenvalue weighted by atomic mass is 9.95. The number of unbranched alkanes of at least 4 members (excludes halogenated alkanes) is 6. The van der Waals surface area contributed by atoms with Crippen LogP contribution in [0.2, 0.25) is 0 Å². The summed E-state index contributed by atoms with van der Waals surface area (Å²) in [6, 6.07) is 8.91. The number of ether oxygens (including phenoxy) is 1. The van der Waals surface area contributed by atoms with Gasteiger partial charge in [-0.05, 0) is 66.0 Å². The molecule has 0 N–H and O–H groups in total. The fourth-order valence-electron chi connectivity index (χ4n) is 2.79. The molecule has 0 saturated heterocycles. The molecule has 0 spiro atoms. The van der Waals surface area contributed by atoms with E-state index in [1.54, 1.807) is 0 Å². The normalized spacial score (nSPS) is 12.1. The second kappa shape index (κ2) is 12.8. The molecule has 0 aromatic heterocycles. The van der Waals surface area contributed by atoms with Crippen LogP contribution in [0, 0.1) is 3.57 Å². The summed E-state index contributed by atoms with van der Waals surface area (Å²) in [5.74, 6) is 0.619. The van der Waals surface area contributed by atoms with E-state index in [0.717, 1.165) is 12.8 Å². The van der Waals surface area contributed by atoms with Crippen LogP contribution < -0.4 is 0 Å². The van der Waals surface area contributed by atoms with Crippen LogP contribution in [-0.4, -0.2) is 12.6 Å². The molecule has 130 valence electrons. The molecule has 0 radical (unpaired) electrons. The largest absolute Gasteiger partial charge is 0.466 e. The molecule has 0 bridgehead atoms. The van der Waals surface area contributed by atoms with Crippen LogP contribution in [0.4, 0.5) is 0 Å². The molecule has 0 saturated carbocycles. The lowest BCUT2D eigenvalue weighted by Gasteiger charge is -2.11. The first-order valence-electron chi connectivity index (χ1n) is 9.04. The Hall–Kier alpha value is -0.580. The van der Waals surface area contributed by atoms with Crippen molar-refractivity contribution in [1.82, 2.24) is 0 Å². The summed E-state index contributed by atoms with van der Waals surface area (Å²) >= 11 is 2.36. The number of hydrogen-bond donors (Lipinski definition) is 0. The molecule has 0 aliphatic rings. The van der Waals surface area contributed by atoms with Gasteiger partial charge in [0.1, 0.15) is 0 Å². The number of esters is 1. The Morgan fingerprint density at radius 1 is 1.00 bits per heavy atom. The molecule has 1 rings (SSSR count). The highest BCUT2D eigenvalue weighted by Gasteiger charge is 2.05. The topological polar surface area (TPSA) is 26.3 Å². The van der Waals surface area contributed by atoms with Gasteiger partial charge in [-0.25, -0.2) is 0 Å². The van der Waals surface area contributed by atoms with Gasteiger partial charge in [-0.2, -0.15) is 0 Å². The molecule has 0 amide bonds. The van der Waals surface area contributed by atoms with Crippen LogP contribution in [-0.2, 0) is 9.53 Å². The van der Waals surface area contributed by atoms with Gasteiger partial charge in [0.05, 0.1) is 6.61 Å². The number of halogens is 1. The summed E-state index contributed by atoms with van der Waals surface area (Å²) in [5, 5.41) is 0. The van der Waals surface area contributed by atoms with Crippen molar-refractivity contribution in [2.75, 3.05) is 6.61 Å². The second-order valence-corrected chi connectivity index (χ2v) is 7.52. The molecular weight excluding hydrogens is 399 g/mol. The minimum absolute atomic E-state index is 0.0444. The van der Waals surface area contributed by atoms with E-state index in [-0.39, 0.29) is 5.97 Å².